The van der Waals surface area contributed by atoms with E-state index in [1.54, 1.807) is 47.2 Å². The Bertz CT molecular complexity index is 1740. The minimum Gasteiger partial charge on any atom is -0.495 e. The number of nitrogens with zero attached hydrogens (tertiary/aromatic N) is 5. The lowest BCUT2D eigenvalue weighted by molar-refractivity contribution is -0.126. The Labute approximate surface area is 264 Å². The molecule has 1 amide bonds. The first-order chi connectivity index (χ1) is 22.2. The van der Waals surface area contributed by atoms with Gasteiger partial charge >= 0.3 is 0 Å². The molecular formula is C33H34F3N7O3. The molecule has 2 aromatic carbocycles. The van der Waals surface area contributed by atoms with Gasteiger partial charge in [0.2, 0.25) is 5.91 Å². The van der Waals surface area contributed by atoms with Gasteiger partial charge in [0.15, 0.2) is 0 Å². The lowest BCUT2D eigenvalue weighted by atomic mass is 10.0. The molecule has 2 saturated heterocycles. The Morgan fingerprint density at radius 3 is 2.48 bits per heavy atom. The van der Waals surface area contributed by atoms with E-state index in [9.17, 15) is 13.6 Å². The van der Waals surface area contributed by atoms with Crippen LogP contribution < -0.4 is 25.0 Å². The number of ether oxygens (including phenoxy) is 2. The van der Waals surface area contributed by atoms with Crippen LogP contribution in [0.3, 0.4) is 0 Å². The highest BCUT2D eigenvalue weighted by atomic mass is 19.3. The molecule has 0 bridgehead atoms. The summed E-state index contributed by atoms with van der Waals surface area (Å²) in [6.07, 6.45) is 5.32. The fourth-order valence-corrected chi connectivity index (χ4v) is 5.68. The van der Waals surface area contributed by atoms with Crippen LogP contribution in [0.15, 0.2) is 67.6 Å². The monoisotopic (exact) mass is 633 g/mol. The molecule has 0 atom stereocenters. The van der Waals surface area contributed by atoms with Crippen molar-refractivity contribution < 1.29 is 27.4 Å². The van der Waals surface area contributed by atoms with Gasteiger partial charge in [-0.3, -0.25) is 4.79 Å². The summed E-state index contributed by atoms with van der Waals surface area (Å²) in [5.74, 6) is -1.09. The number of halogens is 3. The van der Waals surface area contributed by atoms with Crippen molar-refractivity contribution in [3.8, 4) is 17.2 Å². The number of pyridine rings is 1. The predicted molar refractivity (Wildman–Crippen MR) is 170 cm³/mol. The minimum atomic E-state index is -2.66. The number of aromatic nitrogens is 3. The van der Waals surface area contributed by atoms with Crippen LogP contribution in [-0.4, -0.2) is 71.0 Å². The highest BCUT2D eigenvalue weighted by Crippen LogP contribution is 2.36. The zero-order valence-corrected chi connectivity index (χ0v) is 25.3. The van der Waals surface area contributed by atoms with Crippen molar-refractivity contribution in [2.45, 2.75) is 37.6 Å². The second kappa shape index (κ2) is 13.1. The Morgan fingerprint density at radius 1 is 1.00 bits per heavy atom. The summed E-state index contributed by atoms with van der Waals surface area (Å²) in [4.78, 5) is 28.6. The molecule has 0 radical (unpaired) electrons. The number of piperidine rings is 2. The minimum absolute atomic E-state index is 0.0717. The van der Waals surface area contributed by atoms with Crippen LogP contribution in [0.2, 0.25) is 0 Å². The lowest BCUT2D eigenvalue weighted by Crippen LogP contribution is -2.41. The van der Waals surface area contributed by atoms with E-state index in [0.29, 0.717) is 47.1 Å². The molecule has 0 unspecified atom stereocenters. The first-order valence-electron chi connectivity index (χ1n) is 15.1. The number of anilines is 4. The van der Waals surface area contributed by atoms with E-state index in [0.717, 1.165) is 18.5 Å². The van der Waals surface area contributed by atoms with E-state index >= 15 is 4.39 Å². The molecule has 2 aliphatic heterocycles. The number of fused-ring (bicyclic) bond motifs is 1. The van der Waals surface area contributed by atoms with Gasteiger partial charge in [0.05, 0.1) is 24.0 Å². The van der Waals surface area contributed by atoms with E-state index in [1.807, 2.05) is 6.07 Å². The standard InChI is InChI=1S/C33H34F3N7O3/c1-3-31(44)43-12-7-21(8-13-43)40-28-18-24-27(19-29(28)45-2)38-20-39-32(24)41-26-5-4-22(16-25(26)34)46-23-6-11-37-30(17-23)42-14-9-33(35,36)10-15-42/h3-6,11,16-21,40H,1,7-10,12-15H2,2H3,(H,38,39,41). The molecule has 10 nitrogen and oxygen atoms in total. The van der Waals surface area contributed by atoms with Crippen molar-refractivity contribution >= 4 is 39.8 Å². The van der Waals surface area contributed by atoms with Crippen LogP contribution in [0.25, 0.3) is 10.9 Å². The lowest BCUT2D eigenvalue weighted by Gasteiger charge is -2.32. The summed E-state index contributed by atoms with van der Waals surface area (Å²) in [6.45, 7) is 5.19. The third kappa shape index (κ3) is 6.93. The average Bonchev–Trinajstić information content (AvgIpc) is 3.06. The summed E-state index contributed by atoms with van der Waals surface area (Å²) in [7, 11) is 1.58. The van der Waals surface area contributed by atoms with Gasteiger partial charge in [0.1, 0.15) is 41.0 Å². The van der Waals surface area contributed by atoms with Crippen LogP contribution >= 0.6 is 0 Å². The molecule has 2 N–H and O–H groups in total. The zero-order valence-electron chi connectivity index (χ0n) is 25.3. The van der Waals surface area contributed by atoms with E-state index in [1.165, 1.54) is 24.7 Å². The van der Waals surface area contributed by atoms with Gasteiger partial charge in [0.25, 0.3) is 5.92 Å². The fraction of sp³-hybridized carbons (Fsp3) is 0.333. The maximum absolute atomic E-state index is 15.4. The summed E-state index contributed by atoms with van der Waals surface area (Å²) < 4.78 is 54.0. The van der Waals surface area contributed by atoms with Crippen LogP contribution in [0.1, 0.15) is 25.7 Å². The van der Waals surface area contributed by atoms with E-state index < -0.39 is 11.7 Å². The molecule has 4 aromatic rings. The molecule has 0 aliphatic carbocycles. The Morgan fingerprint density at radius 2 is 1.76 bits per heavy atom. The van der Waals surface area contributed by atoms with Crippen molar-refractivity contribution in [3.63, 3.8) is 0 Å². The SMILES string of the molecule is C=CC(=O)N1CCC(Nc2cc3c(Nc4ccc(Oc5ccnc(N6CCC(F)(F)CC6)c5)cc4F)ncnc3cc2OC)CC1. The van der Waals surface area contributed by atoms with Gasteiger partial charge in [-0.2, -0.15) is 0 Å². The van der Waals surface area contributed by atoms with E-state index in [-0.39, 0.29) is 49.3 Å². The second-order valence-corrected chi connectivity index (χ2v) is 11.3. The number of nitrogens with one attached hydrogen (secondary N) is 2. The number of hydrogen-bond acceptors (Lipinski definition) is 9. The van der Waals surface area contributed by atoms with Gasteiger partial charge in [0, 0.05) is 74.8 Å². The molecular weight excluding hydrogens is 599 g/mol. The largest absolute Gasteiger partial charge is 0.495 e. The van der Waals surface area contributed by atoms with Crippen LogP contribution in [-0.2, 0) is 4.79 Å². The number of rotatable bonds is 9. The van der Waals surface area contributed by atoms with Gasteiger partial charge in [-0.15, -0.1) is 0 Å². The molecule has 0 spiro atoms. The van der Waals surface area contributed by atoms with Crippen LogP contribution in [0.4, 0.5) is 36.2 Å². The van der Waals surface area contributed by atoms with Crippen molar-refractivity contribution in [1.29, 1.82) is 0 Å². The van der Waals surface area contributed by atoms with Crippen molar-refractivity contribution in [1.82, 2.24) is 19.9 Å². The molecule has 13 heteroatoms. The van der Waals surface area contributed by atoms with Gasteiger partial charge in [-0.25, -0.2) is 28.1 Å². The molecule has 46 heavy (non-hydrogen) atoms. The third-order valence-electron chi connectivity index (χ3n) is 8.26. The van der Waals surface area contributed by atoms with Crippen LogP contribution in [0, 0.1) is 5.82 Å². The number of likely N-dealkylation sites (tertiary alicyclic amines) is 1. The Hall–Kier alpha value is -5.07. The first kappa shape index (κ1) is 30.9. The highest BCUT2D eigenvalue weighted by molar-refractivity contribution is 5.95. The Kier molecular flexibility index (Phi) is 8.82. The fourth-order valence-electron chi connectivity index (χ4n) is 5.68. The molecule has 2 aromatic heterocycles. The second-order valence-electron chi connectivity index (χ2n) is 11.3. The van der Waals surface area contributed by atoms with E-state index in [4.69, 9.17) is 9.47 Å². The number of carbonyl (C=O) groups is 1. The van der Waals surface area contributed by atoms with Gasteiger partial charge < -0.3 is 29.9 Å². The maximum Gasteiger partial charge on any atom is 0.251 e. The molecule has 6 rings (SSSR count). The summed E-state index contributed by atoms with van der Waals surface area (Å²) in [6, 6.07) is 11.5. The van der Waals surface area contributed by atoms with Crippen molar-refractivity contribution in [3.05, 3.63) is 73.5 Å². The van der Waals surface area contributed by atoms with Crippen molar-refractivity contribution in [2.24, 2.45) is 0 Å². The summed E-state index contributed by atoms with van der Waals surface area (Å²) in [5, 5.41) is 7.26. The van der Waals surface area contributed by atoms with Gasteiger partial charge in [-0.05, 0) is 43.2 Å². The van der Waals surface area contributed by atoms with Gasteiger partial charge in [-0.1, -0.05) is 6.58 Å². The van der Waals surface area contributed by atoms with Crippen molar-refractivity contribution in [2.75, 3.05) is 48.8 Å². The highest BCUT2D eigenvalue weighted by Gasteiger charge is 2.34. The normalized spacial score (nSPS) is 16.6. The number of methoxy groups -OCH3 is 1. The molecule has 2 aliphatic rings. The molecule has 2 fully saturated rings. The van der Waals surface area contributed by atoms with Crippen LogP contribution in [0.5, 0.6) is 17.2 Å². The third-order valence-corrected chi connectivity index (χ3v) is 8.26. The quantitative estimate of drug-likeness (QED) is 0.199. The smallest absolute Gasteiger partial charge is 0.251 e. The summed E-state index contributed by atoms with van der Waals surface area (Å²) >= 11 is 0. The topological polar surface area (TPSA) is 105 Å². The Balaban J connectivity index is 1.17. The number of carbonyl (C=O) groups excluding carboxylic acids is 1. The summed E-state index contributed by atoms with van der Waals surface area (Å²) in [5.41, 5.74) is 1.53. The number of hydrogen-bond donors (Lipinski definition) is 2. The first-order valence-corrected chi connectivity index (χ1v) is 15.1. The molecule has 4 heterocycles. The maximum atomic E-state index is 15.4. The zero-order chi connectivity index (χ0) is 32.3. The molecule has 0 saturated carbocycles. The average molecular weight is 634 g/mol. The number of amides is 1. The van der Waals surface area contributed by atoms with E-state index in [2.05, 4.69) is 32.2 Å². The molecule has 240 valence electrons. The number of benzene rings is 2. The number of alkyl halides is 2. The predicted octanol–water partition coefficient (Wildman–Crippen LogP) is 6.53.